The molecule has 3 aromatic rings. The number of ether oxygens (including phenoxy) is 1. The van der Waals surface area contributed by atoms with Gasteiger partial charge in [-0.1, -0.05) is 54.6 Å². The molecule has 7 rings (SSSR count). The van der Waals surface area contributed by atoms with Gasteiger partial charge in [-0.3, -0.25) is 4.79 Å². The number of carbonyl (C=O) groups is 1. The first-order valence-corrected chi connectivity index (χ1v) is 13.8. The number of nitrogens with zero attached hydrogens (tertiary/aromatic N) is 2. The van der Waals surface area contributed by atoms with Crippen LogP contribution in [-0.4, -0.2) is 54.3 Å². The monoisotopic (exact) mass is 517 g/mol. The fraction of sp³-hybridized carbons (Fsp3) is 0.333. The number of aliphatic hydroxyl groups excluding tert-OH is 1. The van der Waals surface area contributed by atoms with Crippen molar-refractivity contribution in [1.82, 2.24) is 10.2 Å². The van der Waals surface area contributed by atoms with Crippen molar-refractivity contribution in [3.63, 3.8) is 0 Å². The summed E-state index contributed by atoms with van der Waals surface area (Å²) < 4.78 is 6.51. The second-order valence-electron chi connectivity index (χ2n) is 11.4. The Bertz CT molecular complexity index is 1520. The first kappa shape index (κ1) is 24.1. The van der Waals surface area contributed by atoms with Gasteiger partial charge in [0, 0.05) is 29.5 Å². The highest BCUT2D eigenvalue weighted by atomic mass is 16.5. The normalized spacial score (nSPS) is 27.8. The average Bonchev–Trinajstić information content (AvgIpc) is 3.32. The molecule has 0 aromatic heterocycles. The van der Waals surface area contributed by atoms with Gasteiger partial charge in [-0.25, -0.2) is 0 Å². The molecule has 4 aliphatic rings. The molecule has 2 unspecified atom stereocenters. The molecule has 0 saturated carbocycles. The Kier molecular flexibility index (Phi) is 5.62. The van der Waals surface area contributed by atoms with E-state index in [0.29, 0.717) is 35.9 Å². The third kappa shape index (κ3) is 3.65. The minimum Gasteiger partial charge on any atom is -0.485 e. The van der Waals surface area contributed by atoms with Crippen molar-refractivity contribution in [3.05, 3.63) is 101 Å². The van der Waals surface area contributed by atoms with E-state index in [0.717, 1.165) is 41.6 Å². The summed E-state index contributed by atoms with van der Waals surface area (Å²) in [5.74, 6) is 0.826. The van der Waals surface area contributed by atoms with E-state index in [1.807, 2.05) is 36.4 Å². The van der Waals surface area contributed by atoms with Gasteiger partial charge < -0.3 is 20.1 Å². The number of nitriles is 1. The van der Waals surface area contributed by atoms with E-state index in [-0.39, 0.29) is 23.3 Å². The first-order valence-electron chi connectivity index (χ1n) is 13.8. The number of hydrogen-bond donors (Lipinski definition) is 2. The van der Waals surface area contributed by atoms with Crippen LogP contribution in [0.2, 0.25) is 0 Å². The molecular weight excluding hydrogens is 486 g/mol. The maximum absolute atomic E-state index is 13.4. The highest BCUT2D eigenvalue weighted by molar-refractivity contribution is 5.98. The molecule has 6 nitrogen and oxygen atoms in total. The van der Waals surface area contributed by atoms with Gasteiger partial charge in [0.25, 0.3) is 5.91 Å². The Morgan fingerprint density at radius 3 is 2.59 bits per heavy atom. The van der Waals surface area contributed by atoms with Gasteiger partial charge in [0.2, 0.25) is 0 Å². The molecule has 1 spiro atoms. The number of rotatable bonds is 5. The predicted octanol–water partition coefficient (Wildman–Crippen LogP) is 4.00. The molecule has 2 heterocycles. The fourth-order valence-corrected chi connectivity index (χ4v) is 7.45. The van der Waals surface area contributed by atoms with E-state index in [2.05, 4.69) is 59.7 Å². The molecule has 1 amide bonds. The van der Waals surface area contributed by atoms with Crippen molar-refractivity contribution >= 4 is 5.91 Å². The fourth-order valence-electron chi connectivity index (χ4n) is 7.45. The van der Waals surface area contributed by atoms with Gasteiger partial charge in [-0.2, -0.15) is 5.26 Å². The minimum absolute atomic E-state index is 0.133. The van der Waals surface area contributed by atoms with Crippen molar-refractivity contribution in [2.75, 3.05) is 20.1 Å². The Morgan fingerprint density at radius 1 is 1.10 bits per heavy atom. The summed E-state index contributed by atoms with van der Waals surface area (Å²) in [7, 11) is 2.19. The molecular formula is C33H31N3O3. The average molecular weight is 518 g/mol. The second-order valence-corrected chi connectivity index (χ2v) is 11.4. The molecule has 0 radical (unpaired) electrons. The van der Waals surface area contributed by atoms with Crippen LogP contribution >= 0.6 is 0 Å². The summed E-state index contributed by atoms with van der Waals surface area (Å²) in [5.41, 5.74) is 6.66. The molecule has 3 aromatic carbocycles. The molecule has 1 saturated heterocycles. The lowest BCUT2D eigenvalue weighted by molar-refractivity contribution is -0.0451. The second kappa shape index (κ2) is 9.08. The minimum atomic E-state index is -0.674. The molecule has 39 heavy (non-hydrogen) atoms. The van der Waals surface area contributed by atoms with Crippen LogP contribution in [0.25, 0.3) is 11.1 Å². The lowest BCUT2D eigenvalue weighted by atomic mass is 9.53. The van der Waals surface area contributed by atoms with Crippen LogP contribution in [-0.2, 0) is 18.3 Å². The van der Waals surface area contributed by atoms with Gasteiger partial charge >= 0.3 is 0 Å². The quantitative estimate of drug-likeness (QED) is 0.500. The van der Waals surface area contributed by atoms with Crippen LogP contribution in [0.4, 0.5) is 0 Å². The van der Waals surface area contributed by atoms with Gasteiger partial charge in [0.1, 0.15) is 18.0 Å². The van der Waals surface area contributed by atoms with Crippen molar-refractivity contribution in [2.45, 2.75) is 42.9 Å². The van der Waals surface area contributed by atoms with Crippen LogP contribution in [0, 0.1) is 17.2 Å². The summed E-state index contributed by atoms with van der Waals surface area (Å²) >= 11 is 0. The maximum atomic E-state index is 13.4. The van der Waals surface area contributed by atoms with E-state index < -0.39 is 6.10 Å². The molecule has 2 N–H and O–H groups in total. The number of carbonyl (C=O) groups excluding carboxylic acids is 1. The first-order chi connectivity index (χ1) is 19.0. The van der Waals surface area contributed by atoms with E-state index in [9.17, 15) is 9.90 Å². The van der Waals surface area contributed by atoms with Gasteiger partial charge in [0.05, 0.1) is 17.2 Å². The van der Waals surface area contributed by atoms with E-state index in [1.165, 1.54) is 5.56 Å². The molecule has 5 atom stereocenters. The van der Waals surface area contributed by atoms with Crippen molar-refractivity contribution in [1.29, 1.82) is 5.26 Å². The number of hydrogen-bond acceptors (Lipinski definition) is 5. The topological polar surface area (TPSA) is 85.6 Å². The standard InChI is InChI=1S/C33H31N3O3/c1-36-17-15-33-26-12-13-28(37)31(33)39-30-25(11-10-24(29(30)33)18-27(26)36)32(38)35-16-14-20-2-6-22(7-3-20)23-8-4-21(19-34)5-9-23/h2-13,26-28,31,37H,14-18H2,1H3,(H,35,38)/t26-,27?,28-,31-,33?/m0/s1. The molecule has 1 fully saturated rings. The Balaban J connectivity index is 1.08. The third-order valence-electron chi connectivity index (χ3n) is 9.42. The number of likely N-dealkylation sites (N-methyl/N-ethyl adjacent to an activating group) is 1. The van der Waals surface area contributed by atoms with Crippen molar-refractivity contribution in [3.8, 4) is 22.9 Å². The van der Waals surface area contributed by atoms with Gasteiger partial charge in [0.15, 0.2) is 0 Å². The summed E-state index contributed by atoms with van der Waals surface area (Å²) in [6, 6.07) is 22.4. The predicted molar refractivity (Wildman–Crippen MR) is 149 cm³/mol. The third-order valence-corrected chi connectivity index (χ3v) is 9.42. The highest BCUT2D eigenvalue weighted by Crippen LogP contribution is 2.61. The molecule has 2 aliphatic heterocycles. The van der Waals surface area contributed by atoms with Crippen LogP contribution in [0.5, 0.6) is 5.75 Å². The van der Waals surface area contributed by atoms with Crippen LogP contribution in [0.3, 0.4) is 0 Å². The van der Waals surface area contributed by atoms with Crippen LogP contribution in [0.15, 0.2) is 72.8 Å². The van der Waals surface area contributed by atoms with Crippen LogP contribution < -0.4 is 10.1 Å². The SMILES string of the molecule is CN1CCC23c4c5ccc(C(=O)NCCc6ccc(-c7ccc(C#N)cc7)cc6)c4O[C@H]2[C@@H](O)C=C[C@H]3C1C5. The zero-order chi connectivity index (χ0) is 26.7. The lowest BCUT2D eigenvalue weighted by Gasteiger charge is -2.56. The van der Waals surface area contributed by atoms with E-state index >= 15 is 0 Å². The summed E-state index contributed by atoms with van der Waals surface area (Å²) in [6.45, 7) is 1.47. The smallest absolute Gasteiger partial charge is 0.255 e. The summed E-state index contributed by atoms with van der Waals surface area (Å²) in [4.78, 5) is 15.8. The van der Waals surface area contributed by atoms with Crippen molar-refractivity contribution in [2.24, 2.45) is 5.92 Å². The molecule has 2 aliphatic carbocycles. The lowest BCUT2D eigenvalue weighted by Crippen LogP contribution is -2.64. The molecule has 6 heteroatoms. The largest absolute Gasteiger partial charge is 0.485 e. The maximum Gasteiger partial charge on any atom is 0.255 e. The number of aliphatic hydroxyl groups is 1. The zero-order valence-electron chi connectivity index (χ0n) is 21.9. The van der Waals surface area contributed by atoms with Gasteiger partial charge in [-0.15, -0.1) is 0 Å². The van der Waals surface area contributed by atoms with E-state index in [4.69, 9.17) is 10.00 Å². The Hall–Kier alpha value is -3.92. The summed E-state index contributed by atoms with van der Waals surface area (Å²) in [6.07, 6.45) is 5.63. The van der Waals surface area contributed by atoms with E-state index in [1.54, 1.807) is 0 Å². The number of amides is 1. The van der Waals surface area contributed by atoms with Crippen LogP contribution in [0.1, 0.15) is 39.0 Å². The number of benzene rings is 3. The molecule has 2 bridgehead atoms. The van der Waals surface area contributed by atoms with Crippen molar-refractivity contribution < 1.29 is 14.6 Å². The van der Waals surface area contributed by atoms with Gasteiger partial charge in [-0.05, 0) is 73.3 Å². The zero-order valence-corrected chi connectivity index (χ0v) is 21.9. The highest BCUT2D eigenvalue weighted by Gasteiger charge is 2.64. The number of nitrogens with one attached hydrogen (secondary N) is 1. The number of piperidine rings is 1. The number of likely N-dealkylation sites (tertiary alicyclic amines) is 1. The summed E-state index contributed by atoms with van der Waals surface area (Å²) in [5, 5.41) is 23.0. The Labute approximate surface area is 228 Å². The molecule has 196 valence electrons. The Morgan fingerprint density at radius 2 is 1.85 bits per heavy atom.